The molecule has 1 N–H and O–H groups in total. The van der Waals surface area contributed by atoms with Crippen LogP contribution in [0.2, 0.25) is 0 Å². The lowest BCUT2D eigenvalue weighted by Gasteiger charge is -2.36. The molecule has 1 saturated heterocycles. The molecule has 1 aromatic carbocycles. The molecule has 0 aliphatic carbocycles. The molecule has 0 amide bonds. The van der Waals surface area contributed by atoms with E-state index in [-0.39, 0.29) is 12.4 Å². The molecular weight excluding hydrogens is 217 g/mol. The molecule has 94 valence electrons. The molecule has 0 spiro atoms. The standard InChI is InChI=1S/C14H20FNO/c1-10-3-11(2)8-16(7-10)14-5-12(9-17)4-13(15)6-14/h4-6,10-11,17H,3,7-9H2,1-2H3. The monoisotopic (exact) mass is 237 g/mol. The average molecular weight is 237 g/mol. The van der Waals surface area contributed by atoms with Crippen molar-refractivity contribution < 1.29 is 9.50 Å². The van der Waals surface area contributed by atoms with Crippen LogP contribution in [-0.4, -0.2) is 18.2 Å². The third-order valence-electron chi connectivity index (χ3n) is 3.36. The second-order valence-electron chi connectivity index (χ2n) is 5.33. The lowest BCUT2D eigenvalue weighted by atomic mass is 9.91. The predicted molar refractivity (Wildman–Crippen MR) is 67.5 cm³/mol. The van der Waals surface area contributed by atoms with Crippen LogP contribution in [0.5, 0.6) is 0 Å². The Hall–Kier alpha value is -1.09. The fourth-order valence-electron chi connectivity index (χ4n) is 2.78. The summed E-state index contributed by atoms with van der Waals surface area (Å²) in [4.78, 5) is 2.22. The Kier molecular flexibility index (Phi) is 3.67. The van der Waals surface area contributed by atoms with Gasteiger partial charge in [-0.25, -0.2) is 4.39 Å². The van der Waals surface area contributed by atoms with Gasteiger partial charge in [-0.2, -0.15) is 0 Å². The Bertz CT molecular complexity index is 384. The van der Waals surface area contributed by atoms with E-state index in [2.05, 4.69) is 18.7 Å². The summed E-state index contributed by atoms with van der Waals surface area (Å²) in [5.74, 6) is 1.01. The van der Waals surface area contributed by atoms with E-state index in [0.717, 1.165) is 18.8 Å². The fourth-order valence-corrected chi connectivity index (χ4v) is 2.78. The van der Waals surface area contributed by atoms with Gasteiger partial charge in [0, 0.05) is 18.8 Å². The van der Waals surface area contributed by atoms with Crippen LogP contribution >= 0.6 is 0 Å². The lowest BCUT2D eigenvalue weighted by Crippen LogP contribution is -2.38. The minimum absolute atomic E-state index is 0.107. The van der Waals surface area contributed by atoms with Crippen LogP contribution in [0.4, 0.5) is 10.1 Å². The maximum atomic E-state index is 13.4. The van der Waals surface area contributed by atoms with Crippen molar-refractivity contribution in [1.29, 1.82) is 0 Å². The summed E-state index contributed by atoms with van der Waals surface area (Å²) in [6, 6.07) is 4.83. The van der Waals surface area contributed by atoms with E-state index < -0.39 is 0 Å². The summed E-state index contributed by atoms with van der Waals surface area (Å²) >= 11 is 0. The molecule has 3 heteroatoms. The van der Waals surface area contributed by atoms with E-state index in [1.165, 1.54) is 12.5 Å². The minimum atomic E-state index is -0.266. The van der Waals surface area contributed by atoms with Crippen LogP contribution in [0.15, 0.2) is 18.2 Å². The second kappa shape index (κ2) is 5.05. The van der Waals surface area contributed by atoms with E-state index in [1.807, 2.05) is 6.07 Å². The quantitative estimate of drug-likeness (QED) is 0.855. The number of anilines is 1. The predicted octanol–water partition coefficient (Wildman–Crippen LogP) is 2.80. The Labute approximate surface area is 102 Å². The molecule has 1 heterocycles. The molecule has 1 fully saturated rings. The molecule has 17 heavy (non-hydrogen) atoms. The molecule has 1 aromatic rings. The Morgan fingerprint density at radius 1 is 1.24 bits per heavy atom. The summed E-state index contributed by atoms with van der Waals surface area (Å²) in [7, 11) is 0. The summed E-state index contributed by atoms with van der Waals surface area (Å²) in [5.41, 5.74) is 1.54. The van der Waals surface area contributed by atoms with E-state index in [1.54, 1.807) is 6.07 Å². The first-order chi connectivity index (χ1) is 8.08. The van der Waals surface area contributed by atoms with Crippen molar-refractivity contribution in [2.45, 2.75) is 26.9 Å². The number of rotatable bonds is 2. The second-order valence-corrected chi connectivity index (χ2v) is 5.33. The van der Waals surface area contributed by atoms with Crippen molar-refractivity contribution in [1.82, 2.24) is 0 Å². The molecule has 2 rings (SSSR count). The maximum absolute atomic E-state index is 13.4. The highest BCUT2D eigenvalue weighted by Gasteiger charge is 2.22. The molecule has 1 aliphatic heterocycles. The lowest BCUT2D eigenvalue weighted by molar-refractivity contribution is 0.281. The van der Waals surface area contributed by atoms with Crippen molar-refractivity contribution in [3.63, 3.8) is 0 Å². The summed E-state index contributed by atoms with van der Waals surface area (Å²) in [6.45, 7) is 6.30. The Morgan fingerprint density at radius 2 is 1.88 bits per heavy atom. The first kappa shape index (κ1) is 12.4. The van der Waals surface area contributed by atoms with Crippen molar-refractivity contribution in [3.8, 4) is 0 Å². The number of hydrogen-bond donors (Lipinski definition) is 1. The molecule has 2 nitrogen and oxygen atoms in total. The number of aliphatic hydroxyl groups is 1. The van der Waals surface area contributed by atoms with Crippen LogP contribution in [0, 0.1) is 17.7 Å². The van der Waals surface area contributed by atoms with Crippen molar-refractivity contribution in [3.05, 3.63) is 29.6 Å². The zero-order valence-electron chi connectivity index (χ0n) is 10.5. The highest BCUT2D eigenvalue weighted by atomic mass is 19.1. The van der Waals surface area contributed by atoms with Gasteiger partial charge in [-0.15, -0.1) is 0 Å². The first-order valence-electron chi connectivity index (χ1n) is 6.23. The highest BCUT2D eigenvalue weighted by molar-refractivity contribution is 5.49. The average Bonchev–Trinajstić information content (AvgIpc) is 2.26. The van der Waals surface area contributed by atoms with E-state index in [4.69, 9.17) is 5.11 Å². The zero-order valence-corrected chi connectivity index (χ0v) is 10.5. The van der Waals surface area contributed by atoms with Crippen molar-refractivity contribution in [2.75, 3.05) is 18.0 Å². The molecule has 2 atom stereocenters. The van der Waals surface area contributed by atoms with Crippen molar-refractivity contribution >= 4 is 5.69 Å². The number of aliphatic hydroxyl groups excluding tert-OH is 1. The van der Waals surface area contributed by atoms with Gasteiger partial charge >= 0.3 is 0 Å². The van der Waals surface area contributed by atoms with Gasteiger partial charge in [0.2, 0.25) is 0 Å². The van der Waals surface area contributed by atoms with Gasteiger partial charge < -0.3 is 10.0 Å². The molecule has 0 radical (unpaired) electrons. The molecular formula is C14H20FNO. The SMILES string of the molecule is CC1CC(C)CN(c2cc(F)cc(CO)c2)C1. The number of hydrogen-bond acceptors (Lipinski definition) is 2. The number of piperidine rings is 1. The topological polar surface area (TPSA) is 23.5 Å². The van der Waals surface area contributed by atoms with Crippen LogP contribution < -0.4 is 4.90 Å². The summed E-state index contributed by atoms with van der Waals surface area (Å²) in [6.07, 6.45) is 1.23. The molecule has 0 saturated carbocycles. The van der Waals surface area contributed by atoms with Gasteiger partial charge in [0.15, 0.2) is 0 Å². The Balaban J connectivity index is 2.23. The normalized spacial score (nSPS) is 25.1. The van der Waals surface area contributed by atoms with Crippen LogP contribution in [-0.2, 0) is 6.61 Å². The number of nitrogens with zero attached hydrogens (tertiary/aromatic N) is 1. The largest absolute Gasteiger partial charge is 0.392 e. The van der Waals surface area contributed by atoms with Crippen molar-refractivity contribution in [2.24, 2.45) is 11.8 Å². The fraction of sp³-hybridized carbons (Fsp3) is 0.571. The summed E-state index contributed by atoms with van der Waals surface area (Å²) in [5, 5.41) is 9.10. The van der Waals surface area contributed by atoms with Crippen LogP contribution in [0.25, 0.3) is 0 Å². The van der Waals surface area contributed by atoms with E-state index >= 15 is 0 Å². The molecule has 2 unspecified atom stereocenters. The molecule has 0 aromatic heterocycles. The van der Waals surface area contributed by atoms with Gasteiger partial charge in [-0.05, 0) is 42.0 Å². The minimum Gasteiger partial charge on any atom is -0.392 e. The molecule has 0 bridgehead atoms. The third kappa shape index (κ3) is 2.97. The number of halogens is 1. The van der Waals surface area contributed by atoms with Gasteiger partial charge in [-0.1, -0.05) is 13.8 Å². The Morgan fingerprint density at radius 3 is 2.47 bits per heavy atom. The molecule has 1 aliphatic rings. The third-order valence-corrected chi connectivity index (χ3v) is 3.36. The van der Waals surface area contributed by atoms with Gasteiger partial charge in [0.05, 0.1) is 6.61 Å². The van der Waals surface area contributed by atoms with E-state index in [0.29, 0.717) is 17.4 Å². The van der Waals surface area contributed by atoms with Crippen LogP contribution in [0.1, 0.15) is 25.8 Å². The van der Waals surface area contributed by atoms with E-state index in [9.17, 15) is 4.39 Å². The smallest absolute Gasteiger partial charge is 0.125 e. The van der Waals surface area contributed by atoms with Gasteiger partial charge in [0.1, 0.15) is 5.82 Å². The van der Waals surface area contributed by atoms with Crippen LogP contribution in [0.3, 0.4) is 0 Å². The maximum Gasteiger partial charge on any atom is 0.125 e. The zero-order chi connectivity index (χ0) is 12.4. The highest BCUT2D eigenvalue weighted by Crippen LogP contribution is 2.27. The number of benzene rings is 1. The summed E-state index contributed by atoms with van der Waals surface area (Å²) < 4.78 is 13.4. The van der Waals surface area contributed by atoms with Gasteiger partial charge in [-0.3, -0.25) is 0 Å². The first-order valence-corrected chi connectivity index (χ1v) is 6.23. The van der Waals surface area contributed by atoms with Gasteiger partial charge in [0.25, 0.3) is 0 Å².